The van der Waals surface area contributed by atoms with E-state index in [9.17, 15) is 0 Å². The fourth-order valence-electron chi connectivity index (χ4n) is 0. The molecule has 0 fully saturated rings. The largest absolute Gasteiger partial charge is 0.344 e. The minimum Gasteiger partial charge on any atom is -0.344 e. The van der Waals surface area contributed by atoms with Gasteiger partial charge in [0.25, 0.3) is 0 Å². The number of hydrogen-bond donors (Lipinski definition) is 0. The average molecular weight is 216 g/mol. The van der Waals surface area contributed by atoms with E-state index >= 15 is 0 Å². The van der Waals surface area contributed by atoms with Crippen LogP contribution in [0.3, 0.4) is 0 Å². The molecule has 0 aromatic heterocycles. The van der Waals surface area contributed by atoms with Crippen molar-refractivity contribution in [1.29, 1.82) is 0 Å². The van der Waals surface area contributed by atoms with Gasteiger partial charge in [0.05, 0.1) is 0 Å². The van der Waals surface area contributed by atoms with Crippen LogP contribution in [-0.2, 0) is 0 Å². The summed E-state index contributed by atoms with van der Waals surface area (Å²) in [6.07, 6.45) is 1.00. The third kappa shape index (κ3) is 9.68. The zero-order chi connectivity index (χ0) is 2.71. The molecule has 4 heavy (non-hydrogen) atoms. The molecule has 0 heterocycles. The maximum absolute atomic E-state index is 3.49. The van der Waals surface area contributed by atoms with Crippen LogP contribution in [0.1, 0.15) is 13.3 Å². The molecule has 0 aromatic rings. The second-order valence-corrected chi connectivity index (χ2v) is 0.500. The van der Waals surface area contributed by atoms with Gasteiger partial charge in [0.1, 0.15) is 0 Å². The Morgan fingerprint density at radius 2 is 1.75 bits per heavy atom. The minimum absolute atomic E-state index is 0. The van der Waals surface area contributed by atoms with Crippen molar-refractivity contribution < 1.29 is 46.9 Å². The summed E-state index contributed by atoms with van der Waals surface area (Å²) in [5.41, 5.74) is 0. The van der Waals surface area contributed by atoms with Crippen LogP contribution in [0.2, 0.25) is 0 Å². The van der Waals surface area contributed by atoms with Crippen molar-refractivity contribution in [3.63, 3.8) is 0 Å². The topological polar surface area (TPSA) is 0 Å². The summed E-state index contributed by atoms with van der Waals surface area (Å²) < 4.78 is 0. The van der Waals surface area contributed by atoms with E-state index in [1.807, 2.05) is 6.92 Å². The Balaban J connectivity index is 0. The van der Waals surface area contributed by atoms with E-state index in [0.717, 1.165) is 6.42 Å². The third-order valence-electron chi connectivity index (χ3n) is 0. The van der Waals surface area contributed by atoms with Crippen LogP contribution >= 0.6 is 0 Å². The molecule has 1 heteroatoms. The summed E-state index contributed by atoms with van der Waals surface area (Å²) in [6, 6.07) is 0. The van der Waals surface area contributed by atoms with E-state index in [2.05, 4.69) is 6.92 Å². The molecule has 0 aliphatic rings. The molecule has 0 atom stereocenters. The van der Waals surface area contributed by atoms with E-state index in [1.54, 1.807) is 0 Å². The standard InChI is InChI=1S/C3H7.Yb/c1-3-2;/h1,3H2,2H3;/q-1;. The third-order valence-corrected chi connectivity index (χ3v) is 0. The summed E-state index contributed by atoms with van der Waals surface area (Å²) in [4.78, 5) is 0. The first-order chi connectivity index (χ1) is 1.41. The molecule has 0 bridgehead atoms. The zero-order valence-corrected chi connectivity index (χ0v) is 4.40. The summed E-state index contributed by atoms with van der Waals surface area (Å²) in [5.74, 6) is 0. The Hall–Kier alpha value is 1.52. The predicted molar refractivity (Wildman–Crippen MR) is 15.6 cm³/mol. The Morgan fingerprint density at radius 3 is 1.75 bits per heavy atom. The van der Waals surface area contributed by atoms with Crippen LogP contribution in [0.25, 0.3) is 0 Å². The van der Waals surface area contributed by atoms with Gasteiger partial charge in [-0.3, -0.25) is 0 Å². The SMILES string of the molecule is [CH2-]CC.[Yb]. The van der Waals surface area contributed by atoms with Gasteiger partial charge in [0.2, 0.25) is 0 Å². The van der Waals surface area contributed by atoms with Crippen LogP contribution in [0.15, 0.2) is 0 Å². The first-order valence-corrected chi connectivity index (χ1v) is 1.21. The summed E-state index contributed by atoms with van der Waals surface area (Å²) in [6.45, 7) is 5.50. The molecule has 0 unspecified atom stereocenters. The van der Waals surface area contributed by atoms with Crippen LogP contribution in [0, 0.1) is 53.8 Å². The second kappa shape index (κ2) is 8.82. The predicted octanol–water partition coefficient (Wildman–Crippen LogP) is 1.23. The van der Waals surface area contributed by atoms with E-state index < -0.39 is 0 Å². The Bertz CT molecular complexity index is 3.25. The minimum atomic E-state index is 0. The fraction of sp³-hybridized carbons (Fsp3) is 0.667. The van der Waals surface area contributed by atoms with Crippen molar-refractivity contribution in [2.24, 2.45) is 0 Å². The molecular formula is C3H7Yb-. The molecule has 0 aliphatic heterocycles. The number of hydrogen-bond acceptors (Lipinski definition) is 0. The van der Waals surface area contributed by atoms with Gasteiger partial charge in [-0.05, 0) is 0 Å². The van der Waals surface area contributed by atoms with Crippen LogP contribution < -0.4 is 0 Å². The molecule has 0 aromatic carbocycles. The summed E-state index contributed by atoms with van der Waals surface area (Å²) >= 11 is 0. The zero-order valence-electron chi connectivity index (χ0n) is 2.68. The maximum Gasteiger partial charge on any atom is 0 e. The molecule has 0 saturated carbocycles. The Labute approximate surface area is 66.2 Å². The molecular weight excluding hydrogens is 209 g/mol. The molecule has 0 nitrogen and oxygen atoms in total. The molecule has 0 spiro atoms. The number of rotatable bonds is 0. The Kier molecular flexibility index (Phi) is 20.1. The first-order valence-electron chi connectivity index (χ1n) is 1.21. The molecule has 0 aliphatic carbocycles. The van der Waals surface area contributed by atoms with Crippen molar-refractivity contribution in [2.75, 3.05) is 0 Å². The van der Waals surface area contributed by atoms with Crippen molar-refractivity contribution >= 4 is 0 Å². The van der Waals surface area contributed by atoms with Gasteiger partial charge >= 0.3 is 0 Å². The Morgan fingerprint density at radius 1 is 1.75 bits per heavy atom. The summed E-state index contributed by atoms with van der Waals surface area (Å²) in [5, 5.41) is 0. The normalized spacial score (nSPS) is 4.50. The maximum atomic E-state index is 3.49. The molecule has 0 N–H and O–H groups in total. The summed E-state index contributed by atoms with van der Waals surface area (Å²) in [7, 11) is 0. The van der Waals surface area contributed by atoms with E-state index in [-0.39, 0.29) is 46.9 Å². The second-order valence-electron chi connectivity index (χ2n) is 0.500. The van der Waals surface area contributed by atoms with Crippen LogP contribution in [0.5, 0.6) is 0 Å². The van der Waals surface area contributed by atoms with Crippen LogP contribution in [0.4, 0.5) is 0 Å². The molecule has 0 saturated heterocycles. The molecule has 0 rings (SSSR count). The fourth-order valence-corrected chi connectivity index (χ4v) is 0. The van der Waals surface area contributed by atoms with Crippen molar-refractivity contribution in [1.82, 2.24) is 0 Å². The van der Waals surface area contributed by atoms with E-state index in [0.29, 0.717) is 0 Å². The van der Waals surface area contributed by atoms with Crippen molar-refractivity contribution in [3.8, 4) is 0 Å². The van der Waals surface area contributed by atoms with Gasteiger partial charge in [-0.15, -0.1) is 0 Å². The smallest absolute Gasteiger partial charge is 0 e. The van der Waals surface area contributed by atoms with Crippen molar-refractivity contribution in [2.45, 2.75) is 13.3 Å². The van der Waals surface area contributed by atoms with Gasteiger partial charge < -0.3 is 6.92 Å². The van der Waals surface area contributed by atoms with Gasteiger partial charge in [-0.25, -0.2) is 0 Å². The average Bonchev–Trinajstić information content (AvgIpc) is 0.918. The van der Waals surface area contributed by atoms with Gasteiger partial charge in [-0.1, -0.05) is 6.92 Å². The first kappa shape index (κ1) is 9.10. The quantitative estimate of drug-likeness (QED) is 0.534. The molecule has 0 radical (unpaired) electrons. The van der Waals surface area contributed by atoms with Gasteiger partial charge in [0.15, 0.2) is 0 Å². The molecule has 34 valence electrons. The molecule has 0 amide bonds. The van der Waals surface area contributed by atoms with E-state index in [1.165, 1.54) is 0 Å². The monoisotopic (exact) mass is 217 g/mol. The van der Waals surface area contributed by atoms with Gasteiger partial charge in [-0.2, -0.15) is 6.42 Å². The van der Waals surface area contributed by atoms with E-state index in [4.69, 9.17) is 0 Å². The van der Waals surface area contributed by atoms with Crippen LogP contribution in [-0.4, -0.2) is 0 Å². The van der Waals surface area contributed by atoms with Gasteiger partial charge in [0, 0.05) is 46.9 Å². The van der Waals surface area contributed by atoms with Crippen molar-refractivity contribution in [3.05, 3.63) is 6.92 Å².